The molecule has 2 aromatic rings. The summed E-state index contributed by atoms with van der Waals surface area (Å²) in [5.41, 5.74) is 3.78. The van der Waals surface area contributed by atoms with Crippen molar-refractivity contribution in [3.8, 4) is 5.75 Å². The molecule has 2 rings (SSSR count). The maximum atomic E-state index is 5.94. The van der Waals surface area contributed by atoms with E-state index in [1.807, 2.05) is 11.6 Å². The molecule has 1 aromatic heterocycles. The molecular weight excluding hydrogens is 280 g/mol. The van der Waals surface area contributed by atoms with E-state index in [1.165, 1.54) is 16.7 Å². The van der Waals surface area contributed by atoms with Gasteiger partial charge in [0, 0.05) is 23.7 Å². The molecular formula is C17H24N2OS. The fourth-order valence-corrected chi connectivity index (χ4v) is 2.72. The average molecular weight is 304 g/mol. The van der Waals surface area contributed by atoms with Gasteiger partial charge in [0.25, 0.3) is 0 Å². The molecule has 0 aliphatic heterocycles. The standard InChI is InChI=1S/C17H24N2OS/c1-12-8-14(10-19-17(3,4)5)9-13(2)16(12)20-11-15-18-6-7-21-15/h6-9,19H,10-11H2,1-5H3. The predicted octanol–water partition coefficient (Wildman–Crippen LogP) is 4.23. The Balaban J connectivity index is 2.06. The van der Waals surface area contributed by atoms with Crippen LogP contribution in [0.25, 0.3) is 0 Å². The van der Waals surface area contributed by atoms with Gasteiger partial charge in [0.05, 0.1) is 0 Å². The van der Waals surface area contributed by atoms with Gasteiger partial charge >= 0.3 is 0 Å². The number of hydrogen-bond acceptors (Lipinski definition) is 4. The van der Waals surface area contributed by atoms with Gasteiger partial charge in [0.1, 0.15) is 17.4 Å². The summed E-state index contributed by atoms with van der Waals surface area (Å²) in [4.78, 5) is 4.25. The summed E-state index contributed by atoms with van der Waals surface area (Å²) in [6.45, 7) is 12.2. The molecule has 0 spiro atoms. The molecule has 0 aliphatic rings. The minimum Gasteiger partial charge on any atom is -0.486 e. The molecule has 0 bridgehead atoms. The number of rotatable bonds is 5. The Bertz CT molecular complexity index is 562. The van der Waals surface area contributed by atoms with Crippen molar-refractivity contribution in [1.82, 2.24) is 10.3 Å². The van der Waals surface area contributed by atoms with Crippen LogP contribution in [0.15, 0.2) is 23.7 Å². The van der Waals surface area contributed by atoms with Crippen LogP contribution in [0.4, 0.5) is 0 Å². The third kappa shape index (κ3) is 4.83. The van der Waals surface area contributed by atoms with Gasteiger partial charge in [-0.1, -0.05) is 12.1 Å². The van der Waals surface area contributed by atoms with Crippen LogP contribution in [0.1, 0.15) is 42.5 Å². The topological polar surface area (TPSA) is 34.1 Å². The maximum absolute atomic E-state index is 5.94. The van der Waals surface area contributed by atoms with E-state index in [9.17, 15) is 0 Å². The molecule has 1 heterocycles. The minimum atomic E-state index is 0.127. The molecule has 0 saturated heterocycles. The van der Waals surface area contributed by atoms with Crippen LogP contribution in [-0.2, 0) is 13.2 Å². The van der Waals surface area contributed by atoms with E-state index in [0.717, 1.165) is 17.3 Å². The van der Waals surface area contributed by atoms with Crippen molar-refractivity contribution >= 4 is 11.3 Å². The highest BCUT2D eigenvalue weighted by atomic mass is 32.1. The van der Waals surface area contributed by atoms with Crippen LogP contribution < -0.4 is 10.1 Å². The molecule has 0 atom stereocenters. The van der Waals surface area contributed by atoms with Crippen molar-refractivity contribution in [3.63, 3.8) is 0 Å². The van der Waals surface area contributed by atoms with Gasteiger partial charge in [-0.3, -0.25) is 0 Å². The van der Waals surface area contributed by atoms with Crippen molar-refractivity contribution in [2.45, 2.75) is 53.3 Å². The Morgan fingerprint density at radius 1 is 1.19 bits per heavy atom. The van der Waals surface area contributed by atoms with Gasteiger partial charge < -0.3 is 10.1 Å². The number of benzene rings is 1. The Labute approximate surface area is 131 Å². The van der Waals surface area contributed by atoms with Crippen LogP contribution in [0.2, 0.25) is 0 Å². The van der Waals surface area contributed by atoms with E-state index in [1.54, 1.807) is 11.3 Å². The fraction of sp³-hybridized carbons (Fsp3) is 0.471. The fourth-order valence-electron chi connectivity index (χ4n) is 2.20. The van der Waals surface area contributed by atoms with Crippen LogP contribution in [0.3, 0.4) is 0 Å². The van der Waals surface area contributed by atoms with E-state index in [0.29, 0.717) is 6.61 Å². The lowest BCUT2D eigenvalue weighted by atomic mass is 10.0. The second-order valence-electron chi connectivity index (χ2n) is 6.38. The zero-order valence-electron chi connectivity index (χ0n) is 13.5. The molecule has 1 N–H and O–H groups in total. The SMILES string of the molecule is Cc1cc(CNC(C)(C)C)cc(C)c1OCc1nccs1. The molecule has 0 aliphatic carbocycles. The molecule has 0 unspecified atom stereocenters. The van der Waals surface area contributed by atoms with Crippen molar-refractivity contribution < 1.29 is 4.74 Å². The Kier molecular flexibility index (Phi) is 5.01. The predicted molar refractivity (Wildman–Crippen MR) is 89.0 cm³/mol. The number of aromatic nitrogens is 1. The highest BCUT2D eigenvalue weighted by molar-refractivity contribution is 7.09. The number of thiazole rings is 1. The Morgan fingerprint density at radius 3 is 2.38 bits per heavy atom. The first-order chi connectivity index (χ1) is 9.85. The van der Waals surface area contributed by atoms with E-state index in [2.05, 4.69) is 57.1 Å². The summed E-state index contributed by atoms with van der Waals surface area (Å²) in [7, 11) is 0. The number of ether oxygens (including phenoxy) is 1. The lowest BCUT2D eigenvalue weighted by Gasteiger charge is -2.21. The normalized spacial score (nSPS) is 11.7. The first kappa shape index (κ1) is 16.0. The lowest BCUT2D eigenvalue weighted by molar-refractivity contribution is 0.301. The van der Waals surface area contributed by atoms with Crippen LogP contribution in [0, 0.1) is 13.8 Å². The van der Waals surface area contributed by atoms with Crippen LogP contribution >= 0.6 is 11.3 Å². The Hall–Kier alpha value is -1.39. The molecule has 0 amide bonds. The van der Waals surface area contributed by atoms with E-state index in [-0.39, 0.29) is 5.54 Å². The molecule has 0 fully saturated rings. The van der Waals surface area contributed by atoms with Crippen LogP contribution in [-0.4, -0.2) is 10.5 Å². The van der Waals surface area contributed by atoms with Gasteiger partial charge in [-0.25, -0.2) is 4.98 Å². The van der Waals surface area contributed by atoms with E-state index >= 15 is 0 Å². The molecule has 0 radical (unpaired) electrons. The van der Waals surface area contributed by atoms with E-state index in [4.69, 9.17) is 4.74 Å². The molecule has 1 aromatic carbocycles. The smallest absolute Gasteiger partial charge is 0.140 e. The van der Waals surface area contributed by atoms with Gasteiger partial charge in [-0.15, -0.1) is 11.3 Å². The summed E-state index contributed by atoms with van der Waals surface area (Å²) >= 11 is 1.62. The maximum Gasteiger partial charge on any atom is 0.140 e. The molecule has 3 nitrogen and oxygen atoms in total. The van der Waals surface area contributed by atoms with E-state index < -0.39 is 0 Å². The second-order valence-corrected chi connectivity index (χ2v) is 7.36. The third-order valence-corrected chi connectivity index (χ3v) is 3.92. The van der Waals surface area contributed by atoms with Gasteiger partial charge in [-0.05, 0) is 51.3 Å². The van der Waals surface area contributed by atoms with Crippen molar-refractivity contribution in [2.75, 3.05) is 0 Å². The van der Waals surface area contributed by atoms with Gasteiger partial charge in [0.2, 0.25) is 0 Å². The van der Waals surface area contributed by atoms with Crippen molar-refractivity contribution in [3.05, 3.63) is 45.4 Å². The monoisotopic (exact) mass is 304 g/mol. The summed E-state index contributed by atoms with van der Waals surface area (Å²) in [5.74, 6) is 0.977. The molecule has 4 heteroatoms. The number of nitrogens with one attached hydrogen (secondary N) is 1. The Morgan fingerprint density at radius 2 is 1.86 bits per heavy atom. The zero-order valence-corrected chi connectivity index (χ0v) is 14.3. The zero-order chi connectivity index (χ0) is 15.5. The van der Waals surface area contributed by atoms with Crippen molar-refractivity contribution in [1.29, 1.82) is 0 Å². The van der Waals surface area contributed by atoms with Crippen LogP contribution in [0.5, 0.6) is 5.75 Å². The number of hydrogen-bond donors (Lipinski definition) is 1. The second kappa shape index (κ2) is 6.58. The highest BCUT2D eigenvalue weighted by Gasteiger charge is 2.11. The number of aryl methyl sites for hydroxylation is 2. The van der Waals surface area contributed by atoms with Gasteiger partial charge in [-0.2, -0.15) is 0 Å². The summed E-state index contributed by atoms with van der Waals surface area (Å²) in [6, 6.07) is 4.39. The lowest BCUT2D eigenvalue weighted by Crippen LogP contribution is -2.35. The molecule has 114 valence electrons. The summed E-state index contributed by atoms with van der Waals surface area (Å²) in [6.07, 6.45) is 1.81. The summed E-state index contributed by atoms with van der Waals surface area (Å²) in [5, 5.41) is 6.50. The first-order valence-electron chi connectivity index (χ1n) is 7.21. The highest BCUT2D eigenvalue weighted by Crippen LogP contribution is 2.26. The first-order valence-corrected chi connectivity index (χ1v) is 8.09. The molecule has 0 saturated carbocycles. The third-order valence-electron chi connectivity index (χ3n) is 3.17. The quantitative estimate of drug-likeness (QED) is 0.897. The summed E-state index contributed by atoms with van der Waals surface area (Å²) < 4.78 is 5.94. The van der Waals surface area contributed by atoms with Crippen molar-refractivity contribution in [2.24, 2.45) is 0 Å². The molecule has 21 heavy (non-hydrogen) atoms. The average Bonchev–Trinajstić information content (AvgIpc) is 2.87. The number of nitrogens with zero attached hydrogens (tertiary/aromatic N) is 1. The van der Waals surface area contributed by atoms with Gasteiger partial charge in [0.15, 0.2) is 0 Å². The largest absolute Gasteiger partial charge is 0.486 e. The minimum absolute atomic E-state index is 0.127.